The Morgan fingerprint density at radius 2 is 1.94 bits per heavy atom. The molecule has 1 aromatic carbocycles. The average Bonchev–Trinajstić information content (AvgIpc) is 3.50. The second-order valence-corrected chi connectivity index (χ2v) is 9.51. The van der Waals surface area contributed by atoms with Crippen molar-refractivity contribution in [2.24, 2.45) is 0 Å². The Morgan fingerprint density at radius 1 is 1.12 bits per heavy atom. The third kappa shape index (κ3) is 3.96. The average molecular weight is 462 g/mol. The van der Waals surface area contributed by atoms with Gasteiger partial charge in [-0.3, -0.25) is 14.3 Å². The smallest absolute Gasteiger partial charge is 0.233 e. The Bertz CT molecular complexity index is 1210. The molecule has 0 spiro atoms. The molecule has 5 rings (SSSR count). The minimum absolute atomic E-state index is 0.145. The topological polar surface area (TPSA) is 63.9 Å². The van der Waals surface area contributed by atoms with E-state index >= 15 is 0 Å². The highest BCUT2D eigenvalue weighted by atomic mass is 32.2. The molecule has 1 unspecified atom stereocenters. The number of pyridine rings is 1. The monoisotopic (exact) mass is 461 g/mol. The summed E-state index contributed by atoms with van der Waals surface area (Å²) >= 11 is 3.24. The van der Waals surface area contributed by atoms with Crippen LogP contribution in [0, 0.1) is 0 Å². The first kappa shape index (κ1) is 20.9. The molecule has 1 aliphatic rings. The molecule has 4 heterocycles. The summed E-state index contributed by atoms with van der Waals surface area (Å²) in [5.74, 6) is 1.21. The SMILES string of the molecule is CCC1c2ccsc2CCN1C(=O)CSc1nnc(-c2ccncc2)n1-c1ccccc1. The highest BCUT2D eigenvalue weighted by Crippen LogP contribution is 2.36. The van der Waals surface area contributed by atoms with E-state index in [9.17, 15) is 4.79 Å². The van der Waals surface area contributed by atoms with E-state index < -0.39 is 0 Å². The molecule has 0 saturated heterocycles. The maximum atomic E-state index is 13.2. The second kappa shape index (κ2) is 9.26. The van der Waals surface area contributed by atoms with Crippen molar-refractivity contribution in [3.8, 4) is 17.1 Å². The number of aromatic nitrogens is 4. The Morgan fingerprint density at radius 3 is 2.72 bits per heavy atom. The molecule has 0 radical (unpaired) electrons. The number of thiophene rings is 1. The lowest BCUT2D eigenvalue weighted by Gasteiger charge is -2.35. The first-order valence-electron chi connectivity index (χ1n) is 10.7. The van der Waals surface area contributed by atoms with E-state index in [-0.39, 0.29) is 11.9 Å². The first-order valence-corrected chi connectivity index (χ1v) is 12.5. The van der Waals surface area contributed by atoms with E-state index in [1.807, 2.05) is 51.9 Å². The van der Waals surface area contributed by atoms with Gasteiger partial charge in [0.25, 0.3) is 0 Å². The number of amides is 1. The number of carbonyl (C=O) groups is 1. The number of hydrogen-bond acceptors (Lipinski definition) is 6. The fraction of sp³-hybridized carbons (Fsp3) is 0.250. The Balaban J connectivity index is 1.40. The number of nitrogens with zero attached hydrogens (tertiary/aromatic N) is 5. The number of benzene rings is 1. The molecule has 3 aromatic heterocycles. The molecule has 0 N–H and O–H groups in total. The van der Waals surface area contributed by atoms with Crippen LogP contribution in [0.5, 0.6) is 0 Å². The van der Waals surface area contributed by atoms with Crippen LogP contribution in [0.2, 0.25) is 0 Å². The van der Waals surface area contributed by atoms with Crippen molar-refractivity contribution in [3.63, 3.8) is 0 Å². The van der Waals surface area contributed by atoms with Gasteiger partial charge in [0.2, 0.25) is 5.91 Å². The van der Waals surface area contributed by atoms with E-state index in [1.54, 1.807) is 23.7 Å². The Labute approximate surface area is 195 Å². The Hall–Kier alpha value is -2.97. The van der Waals surface area contributed by atoms with Gasteiger partial charge in [0, 0.05) is 35.1 Å². The van der Waals surface area contributed by atoms with E-state index in [1.165, 1.54) is 22.2 Å². The van der Waals surface area contributed by atoms with Gasteiger partial charge in [-0.2, -0.15) is 0 Å². The summed E-state index contributed by atoms with van der Waals surface area (Å²) in [5.41, 5.74) is 3.21. The molecular weight excluding hydrogens is 438 g/mol. The summed E-state index contributed by atoms with van der Waals surface area (Å²) in [7, 11) is 0. The van der Waals surface area contributed by atoms with Crippen molar-refractivity contribution < 1.29 is 4.79 Å². The lowest BCUT2D eigenvalue weighted by atomic mass is 9.98. The molecule has 0 bridgehead atoms. The maximum absolute atomic E-state index is 13.2. The van der Waals surface area contributed by atoms with Gasteiger partial charge in [0.1, 0.15) is 0 Å². The van der Waals surface area contributed by atoms with Crippen LogP contribution in [0.4, 0.5) is 0 Å². The summed E-state index contributed by atoms with van der Waals surface area (Å²) in [5, 5.41) is 11.7. The van der Waals surface area contributed by atoms with Crippen LogP contribution >= 0.6 is 23.1 Å². The van der Waals surface area contributed by atoms with E-state index in [0.29, 0.717) is 10.9 Å². The van der Waals surface area contributed by atoms with Gasteiger partial charge in [-0.25, -0.2) is 0 Å². The molecular formula is C24H23N5OS2. The quantitative estimate of drug-likeness (QED) is 0.377. The minimum Gasteiger partial charge on any atom is -0.335 e. The number of para-hydroxylation sites is 1. The summed E-state index contributed by atoms with van der Waals surface area (Å²) in [6.07, 6.45) is 5.35. The van der Waals surface area contributed by atoms with Crippen molar-refractivity contribution >= 4 is 29.0 Å². The maximum Gasteiger partial charge on any atom is 0.233 e. The number of rotatable bonds is 6. The lowest BCUT2D eigenvalue weighted by molar-refractivity contribution is -0.131. The predicted octanol–water partition coefficient (Wildman–Crippen LogP) is 5.02. The van der Waals surface area contributed by atoms with E-state index in [0.717, 1.165) is 36.5 Å². The van der Waals surface area contributed by atoms with E-state index in [4.69, 9.17) is 0 Å². The van der Waals surface area contributed by atoms with Crippen LogP contribution < -0.4 is 0 Å². The van der Waals surface area contributed by atoms with Crippen molar-refractivity contribution in [3.05, 3.63) is 76.7 Å². The van der Waals surface area contributed by atoms with Gasteiger partial charge in [0.15, 0.2) is 11.0 Å². The van der Waals surface area contributed by atoms with E-state index in [2.05, 4.69) is 33.6 Å². The molecule has 1 atom stereocenters. The third-order valence-electron chi connectivity index (χ3n) is 5.71. The zero-order valence-corrected chi connectivity index (χ0v) is 19.4. The normalized spacial score (nSPS) is 15.5. The molecule has 32 heavy (non-hydrogen) atoms. The molecule has 0 aliphatic carbocycles. The number of thioether (sulfide) groups is 1. The van der Waals surface area contributed by atoms with Gasteiger partial charge in [-0.15, -0.1) is 21.5 Å². The minimum atomic E-state index is 0.145. The van der Waals surface area contributed by atoms with Crippen LogP contribution in [0.25, 0.3) is 17.1 Å². The molecule has 8 heteroatoms. The second-order valence-electron chi connectivity index (χ2n) is 7.56. The number of hydrogen-bond donors (Lipinski definition) is 0. The number of carbonyl (C=O) groups excluding carboxylic acids is 1. The molecule has 162 valence electrons. The predicted molar refractivity (Wildman–Crippen MR) is 128 cm³/mol. The summed E-state index contributed by atoms with van der Waals surface area (Å²) in [4.78, 5) is 20.8. The highest BCUT2D eigenvalue weighted by Gasteiger charge is 2.30. The fourth-order valence-electron chi connectivity index (χ4n) is 4.21. The highest BCUT2D eigenvalue weighted by molar-refractivity contribution is 7.99. The van der Waals surface area contributed by atoms with Crippen LogP contribution in [0.1, 0.15) is 29.8 Å². The van der Waals surface area contributed by atoms with Crippen molar-refractivity contribution in [2.75, 3.05) is 12.3 Å². The zero-order chi connectivity index (χ0) is 21.9. The van der Waals surface area contributed by atoms with Gasteiger partial charge in [-0.1, -0.05) is 36.9 Å². The van der Waals surface area contributed by atoms with Crippen molar-refractivity contribution in [1.82, 2.24) is 24.6 Å². The van der Waals surface area contributed by atoms with Crippen LogP contribution in [0.15, 0.2) is 71.5 Å². The van der Waals surface area contributed by atoms with Gasteiger partial charge >= 0.3 is 0 Å². The standard InChI is InChI=1S/C24H23N5OS2/c1-2-20-19-11-15-31-21(19)10-14-28(20)22(30)16-32-24-27-26-23(17-8-12-25-13-9-17)29(24)18-6-4-3-5-7-18/h3-9,11-13,15,20H,2,10,14,16H2,1H3. The fourth-order valence-corrected chi connectivity index (χ4v) is 5.97. The molecule has 1 aliphatic heterocycles. The third-order valence-corrected chi connectivity index (χ3v) is 7.62. The molecule has 0 saturated carbocycles. The lowest BCUT2D eigenvalue weighted by Crippen LogP contribution is -2.40. The first-order chi connectivity index (χ1) is 15.8. The largest absolute Gasteiger partial charge is 0.335 e. The molecule has 1 amide bonds. The van der Waals surface area contributed by atoms with Crippen LogP contribution in [0.3, 0.4) is 0 Å². The molecule has 6 nitrogen and oxygen atoms in total. The van der Waals surface area contributed by atoms with Gasteiger partial charge < -0.3 is 4.90 Å². The van der Waals surface area contributed by atoms with Crippen molar-refractivity contribution in [2.45, 2.75) is 31.0 Å². The van der Waals surface area contributed by atoms with Crippen molar-refractivity contribution in [1.29, 1.82) is 0 Å². The zero-order valence-electron chi connectivity index (χ0n) is 17.7. The summed E-state index contributed by atoms with van der Waals surface area (Å²) in [6, 6.07) is 16.2. The summed E-state index contributed by atoms with van der Waals surface area (Å²) < 4.78 is 2.01. The summed E-state index contributed by atoms with van der Waals surface area (Å²) in [6.45, 7) is 2.93. The molecule has 0 fully saturated rings. The van der Waals surface area contributed by atoms with Crippen LogP contribution in [-0.2, 0) is 11.2 Å². The number of fused-ring (bicyclic) bond motifs is 1. The molecule has 4 aromatic rings. The van der Waals surface area contributed by atoms with Crippen LogP contribution in [-0.4, -0.2) is 42.9 Å². The van der Waals surface area contributed by atoms with Gasteiger partial charge in [0.05, 0.1) is 11.8 Å². The Kier molecular flexibility index (Phi) is 6.05. The van der Waals surface area contributed by atoms with Gasteiger partial charge in [-0.05, 0) is 54.1 Å².